The molecule has 0 spiro atoms. The van der Waals surface area contributed by atoms with Crippen molar-refractivity contribution >= 4 is 39.1 Å². The lowest BCUT2D eigenvalue weighted by atomic mass is 10.0. The summed E-state index contributed by atoms with van der Waals surface area (Å²) in [5.41, 5.74) is 2.05. The molecule has 0 fully saturated rings. The van der Waals surface area contributed by atoms with Crippen LogP contribution in [0.3, 0.4) is 0 Å². The number of likely N-dealkylation sites (N-methyl/N-ethyl adjacent to an activating group) is 1. The summed E-state index contributed by atoms with van der Waals surface area (Å²) in [5, 5.41) is 3.19. The van der Waals surface area contributed by atoms with Gasteiger partial charge in [-0.1, -0.05) is 74.0 Å². The molecule has 3 aromatic carbocycles. The Balaban J connectivity index is 2.04. The topological polar surface area (TPSA) is 86.8 Å². The zero-order valence-corrected chi connectivity index (χ0v) is 23.7. The van der Waals surface area contributed by atoms with E-state index in [-0.39, 0.29) is 23.3 Å². The van der Waals surface area contributed by atoms with E-state index in [9.17, 15) is 18.0 Å². The first-order valence-electron chi connectivity index (χ1n) is 12.5. The number of amides is 2. The zero-order chi connectivity index (χ0) is 27.9. The molecule has 9 heteroatoms. The van der Waals surface area contributed by atoms with Gasteiger partial charge in [0.15, 0.2) is 0 Å². The number of carbonyl (C=O) groups is 2. The Labute approximate surface area is 230 Å². The molecule has 0 unspecified atom stereocenters. The smallest absolute Gasteiger partial charge is 0.264 e. The highest BCUT2D eigenvalue weighted by Gasteiger charge is 2.32. The molecule has 3 rings (SSSR count). The number of hydrogen-bond acceptors (Lipinski definition) is 4. The average molecular weight is 556 g/mol. The minimum Gasteiger partial charge on any atom is -0.355 e. The van der Waals surface area contributed by atoms with Crippen molar-refractivity contribution in [3.63, 3.8) is 0 Å². The number of hydrogen-bond donors (Lipinski definition) is 1. The number of rotatable bonds is 11. The molecule has 3 aromatic rings. The molecule has 0 aliphatic heterocycles. The van der Waals surface area contributed by atoms with E-state index in [0.29, 0.717) is 22.8 Å². The van der Waals surface area contributed by atoms with Gasteiger partial charge in [0.2, 0.25) is 11.8 Å². The zero-order valence-electron chi connectivity index (χ0n) is 22.1. The summed E-state index contributed by atoms with van der Waals surface area (Å²) in [7, 11) is -4.09. The third-order valence-corrected chi connectivity index (χ3v) is 8.43. The number of anilines is 1. The van der Waals surface area contributed by atoms with E-state index in [4.69, 9.17) is 11.6 Å². The summed E-state index contributed by atoms with van der Waals surface area (Å²) < 4.78 is 28.7. The predicted molar refractivity (Wildman–Crippen MR) is 152 cm³/mol. The van der Waals surface area contributed by atoms with Crippen LogP contribution in [0.5, 0.6) is 0 Å². The molecule has 7 nitrogen and oxygen atoms in total. The molecular formula is C29H34ClN3O4S. The van der Waals surface area contributed by atoms with E-state index >= 15 is 0 Å². The van der Waals surface area contributed by atoms with Crippen LogP contribution in [-0.4, -0.2) is 44.3 Å². The summed E-state index contributed by atoms with van der Waals surface area (Å²) >= 11 is 6.37. The average Bonchev–Trinajstić information content (AvgIpc) is 2.91. The maximum Gasteiger partial charge on any atom is 0.264 e. The van der Waals surface area contributed by atoms with Crippen molar-refractivity contribution in [2.45, 2.75) is 51.1 Å². The molecule has 0 aliphatic rings. The minimum atomic E-state index is -4.09. The molecule has 0 bridgehead atoms. The van der Waals surface area contributed by atoms with Gasteiger partial charge in [0.1, 0.15) is 12.6 Å². The third-order valence-electron chi connectivity index (χ3n) is 6.27. The molecule has 0 heterocycles. The normalized spacial score (nSPS) is 12.2. The van der Waals surface area contributed by atoms with Crippen LogP contribution in [0.4, 0.5) is 5.69 Å². The van der Waals surface area contributed by atoms with E-state index in [1.807, 2.05) is 26.0 Å². The highest BCUT2D eigenvalue weighted by molar-refractivity contribution is 7.92. The minimum absolute atomic E-state index is 0.0440. The molecule has 2 amide bonds. The van der Waals surface area contributed by atoms with Crippen molar-refractivity contribution in [2.24, 2.45) is 0 Å². The van der Waals surface area contributed by atoms with Gasteiger partial charge in [0, 0.05) is 18.1 Å². The van der Waals surface area contributed by atoms with E-state index < -0.39 is 28.5 Å². The number of nitrogens with zero attached hydrogens (tertiary/aromatic N) is 2. The highest BCUT2D eigenvalue weighted by atomic mass is 35.5. The Morgan fingerprint density at radius 2 is 1.50 bits per heavy atom. The summed E-state index contributed by atoms with van der Waals surface area (Å²) in [6.45, 7) is 7.45. The Kier molecular flexibility index (Phi) is 9.94. The lowest BCUT2D eigenvalue weighted by Crippen LogP contribution is -2.51. The van der Waals surface area contributed by atoms with Crippen LogP contribution in [0.25, 0.3) is 0 Å². The molecule has 0 aromatic heterocycles. The Hall–Kier alpha value is -3.36. The second-order valence-electron chi connectivity index (χ2n) is 9.25. The van der Waals surface area contributed by atoms with E-state index in [0.717, 1.165) is 9.87 Å². The molecule has 0 saturated carbocycles. The first kappa shape index (κ1) is 29.2. The maximum atomic E-state index is 13.8. The van der Waals surface area contributed by atoms with Gasteiger partial charge in [-0.05, 0) is 61.2 Å². The van der Waals surface area contributed by atoms with Crippen molar-refractivity contribution < 1.29 is 18.0 Å². The molecular weight excluding hydrogens is 522 g/mol. The van der Waals surface area contributed by atoms with Crippen molar-refractivity contribution in [2.75, 3.05) is 17.4 Å². The summed E-state index contributed by atoms with van der Waals surface area (Å²) in [6.07, 6.45) is 0. The first-order chi connectivity index (χ1) is 18.1. The number of nitrogens with one attached hydrogen (secondary N) is 1. The number of halogens is 1. The first-order valence-corrected chi connectivity index (χ1v) is 14.4. The molecule has 202 valence electrons. The van der Waals surface area contributed by atoms with Crippen LogP contribution in [0.2, 0.25) is 5.02 Å². The highest BCUT2D eigenvalue weighted by Crippen LogP contribution is 2.27. The summed E-state index contributed by atoms with van der Waals surface area (Å²) in [6, 6.07) is 21.3. The fourth-order valence-corrected chi connectivity index (χ4v) is 5.62. The molecule has 0 aliphatic carbocycles. The Morgan fingerprint density at radius 1 is 0.895 bits per heavy atom. The van der Waals surface area contributed by atoms with E-state index in [1.54, 1.807) is 68.4 Å². The van der Waals surface area contributed by atoms with Crippen LogP contribution in [-0.2, 0) is 26.2 Å². The SMILES string of the molecule is CCNC(=O)[C@@H](C)N(Cc1ccccc1Cl)C(=O)CN(c1ccc(C(C)C)cc1)S(=O)(=O)c1ccccc1. The number of carbonyl (C=O) groups excluding carboxylic acids is 2. The fraction of sp³-hybridized carbons (Fsp3) is 0.310. The molecule has 1 atom stereocenters. The number of benzene rings is 3. The van der Waals surface area contributed by atoms with Crippen molar-refractivity contribution in [1.82, 2.24) is 10.2 Å². The predicted octanol–water partition coefficient (Wildman–Crippen LogP) is 5.21. The maximum absolute atomic E-state index is 13.8. The van der Waals surface area contributed by atoms with Gasteiger partial charge in [-0.3, -0.25) is 13.9 Å². The number of sulfonamides is 1. The molecule has 0 saturated heterocycles. The van der Waals surface area contributed by atoms with Crippen LogP contribution in [0.15, 0.2) is 83.8 Å². The largest absolute Gasteiger partial charge is 0.355 e. The lowest BCUT2D eigenvalue weighted by molar-refractivity contribution is -0.139. The van der Waals surface area contributed by atoms with Gasteiger partial charge in [0.25, 0.3) is 10.0 Å². The van der Waals surface area contributed by atoms with Gasteiger partial charge in [-0.25, -0.2) is 8.42 Å². The second-order valence-corrected chi connectivity index (χ2v) is 11.5. The van der Waals surface area contributed by atoms with Crippen LogP contribution < -0.4 is 9.62 Å². The van der Waals surface area contributed by atoms with Gasteiger partial charge in [-0.15, -0.1) is 0 Å². The molecule has 1 N–H and O–H groups in total. The Bertz CT molecular complexity index is 1350. The van der Waals surface area contributed by atoms with Gasteiger partial charge in [0.05, 0.1) is 10.6 Å². The van der Waals surface area contributed by atoms with Crippen LogP contribution in [0.1, 0.15) is 44.7 Å². The quantitative estimate of drug-likeness (QED) is 0.352. The van der Waals surface area contributed by atoms with E-state index in [2.05, 4.69) is 5.32 Å². The van der Waals surface area contributed by atoms with Gasteiger partial charge >= 0.3 is 0 Å². The third kappa shape index (κ3) is 6.94. The molecule has 38 heavy (non-hydrogen) atoms. The second kappa shape index (κ2) is 12.9. The fourth-order valence-electron chi connectivity index (χ4n) is 3.99. The monoisotopic (exact) mass is 555 g/mol. The van der Waals surface area contributed by atoms with Gasteiger partial charge < -0.3 is 10.2 Å². The van der Waals surface area contributed by atoms with Gasteiger partial charge in [-0.2, -0.15) is 0 Å². The summed E-state index contributed by atoms with van der Waals surface area (Å²) in [5.74, 6) is -0.614. The standard InChI is InChI=1S/C29H34ClN3O4S/c1-5-31-29(35)22(4)32(19-24-11-9-10-14-27(24)30)28(34)20-33(25-17-15-23(16-18-25)21(2)3)38(36,37)26-12-7-6-8-13-26/h6-18,21-22H,5,19-20H2,1-4H3,(H,31,35)/t22-/m1/s1. The van der Waals surface area contributed by atoms with Crippen molar-refractivity contribution in [3.8, 4) is 0 Å². The molecule has 0 radical (unpaired) electrons. The van der Waals surface area contributed by atoms with Crippen molar-refractivity contribution in [1.29, 1.82) is 0 Å². The lowest BCUT2D eigenvalue weighted by Gasteiger charge is -2.32. The van der Waals surface area contributed by atoms with Crippen LogP contribution in [0, 0.1) is 0 Å². The van der Waals surface area contributed by atoms with Crippen LogP contribution >= 0.6 is 11.6 Å². The van der Waals surface area contributed by atoms with E-state index in [1.165, 1.54) is 17.0 Å². The summed E-state index contributed by atoms with van der Waals surface area (Å²) in [4.78, 5) is 28.0. The Morgan fingerprint density at radius 3 is 2.08 bits per heavy atom. The van der Waals surface area contributed by atoms with Crippen molar-refractivity contribution in [3.05, 3.63) is 95.0 Å².